The number of hydrogen-bond donors (Lipinski definition) is 0. The molecule has 148 valence electrons. The molecule has 0 aliphatic carbocycles. The summed E-state index contributed by atoms with van der Waals surface area (Å²) in [7, 11) is 0. The second-order valence-electron chi connectivity index (χ2n) is 8.41. The zero-order valence-corrected chi connectivity index (χ0v) is 17.6. The summed E-state index contributed by atoms with van der Waals surface area (Å²) >= 11 is 0. The number of ketones is 1. The summed E-state index contributed by atoms with van der Waals surface area (Å²) in [4.78, 5) is 15.3. The van der Waals surface area contributed by atoms with Crippen LogP contribution >= 0.6 is 0 Å². The summed E-state index contributed by atoms with van der Waals surface area (Å²) in [6.45, 7) is 7.85. The first kappa shape index (κ1) is 19.6. The minimum Gasteiger partial charge on any atom is -0.294 e. The minimum atomic E-state index is 0.00567. The van der Waals surface area contributed by atoms with Crippen molar-refractivity contribution in [3.8, 4) is 0 Å². The fraction of sp³-hybridized carbons (Fsp3) is 0.296. The van der Waals surface area contributed by atoms with Crippen LogP contribution < -0.4 is 0 Å². The van der Waals surface area contributed by atoms with Gasteiger partial charge < -0.3 is 0 Å². The van der Waals surface area contributed by atoms with Gasteiger partial charge in [0.25, 0.3) is 0 Å². The number of carbonyl (C=O) groups is 1. The normalized spacial score (nSPS) is 16.6. The Balaban J connectivity index is 1.74. The first-order chi connectivity index (χ1) is 14.0. The highest BCUT2D eigenvalue weighted by molar-refractivity contribution is 5.98. The minimum absolute atomic E-state index is 0.00567. The molecule has 0 saturated heterocycles. The van der Waals surface area contributed by atoms with Gasteiger partial charge in [-0.3, -0.25) is 9.69 Å². The number of carbonyl (C=O) groups excluding carboxylic acids is 1. The van der Waals surface area contributed by atoms with Crippen LogP contribution in [-0.4, -0.2) is 17.2 Å². The molecule has 0 N–H and O–H groups in total. The lowest BCUT2D eigenvalue weighted by Gasteiger charge is -2.38. The van der Waals surface area contributed by atoms with Crippen molar-refractivity contribution in [3.05, 3.63) is 106 Å². The number of benzene rings is 3. The Labute approximate surface area is 174 Å². The zero-order valence-electron chi connectivity index (χ0n) is 17.6. The van der Waals surface area contributed by atoms with Gasteiger partial charge in [0.1, 0.15) is 0 Å². The van der Waals surface area contributed by atoms with Gasteiger partial charge in [0.05, 0.1) is 6.04 Å². The largest absolute Gasteiger partial charge is 0.294 e. The number of hydrogen-bond acceptors (Lipinski definition) is 2. The molecule has 3 aromatic rings. The predicted octanol–water partition coefficient (Wildman–Crippen LogP) is 5.98. The van der Waals surface area contributed by atoms with Crippen molar-refractivity contribution in [2.75, 3.05) is 6.54 Å². The molecule has 2 heteroatoms. The molecule has 0 fully saturated rings. The summed E-state index contributed by atoms with van der Waals surface area (Å²) in [5.74, 6) is 0.232. The first-order valence-corrected chi connectivity index (χ1v) is 10.5. The summed E-state index contributed by atoms with van der Waals surface area (Å²) in [6.07, 6.45) is 1.04. The van der Waals surface area contributed by atoms with Crippen LogP contribution in [0.25, 0.3) is 0 Å². The molecule has 3 aromatic carbocycles. The van der Waals surface area contributed by atoms with Gasteiger partial charge in [-0.2, -0.15) is 0 Å². The molecule has 1 unspecified atom stereocenters. The van der Waals surface area contributed by atoms with Gasteiger partial charge in [0, 0.05) is 24.6 Å². The Kier molecular flexibility index (Phi) is 5.64. The maximum Gasteiger partial charge on any atom is 0.165 e. The Hall–Kier alpha value is -2.71. The number of rotatable bonds is 5. The molecular weight excluding hydrogens is 354 g/mol. The van der Waals surface area contributed by atoms with E-state index in [0.29, 0.717) is 0 Å². The Morgan fingerprint density at radius 3 is 2.41 bits per heavy atom. The lowest BCUT2D eigenvalue weighted by Crippen LogP contribution is -2.36. The monoisotopic (exact) mass is 383 g/mol. The summed E-state index contributed by atoms with van der Waals surface area (Å²) < 4.78 is 0. The van der Waals surface area contributed by atoms with Crippen molar-refractivity contribution in [3.63, 3.8) is 0 Å². The fourth-order valence-electron chi connectivity index (χ4n) is 4.36. The Bertz CT molecular complexity index is 1000. The maximum absolute atomic E-state index is 12.8. The number of aryl methyl sites for hydroxylation is 1. The molecule has 1 aliphatic heterocycles. The van der Waals surface area contributed by atoms with E-state index in [-0.39, 0.29) is 17.7 Å². The van der Waals surface area contributed by atoms with Gasteiger partial charge >= 0.3 is 0 Å². The van der Waals surface area contributed by atoms with Crippen molar-refractivity contribution in [1.82, 2.24) is 4.90 Å². The van der Waals surface area contributed by atoms with Gasteiger partial charge in [0.2, 0.25) is 0 Å². The van der Waals surface area contributed by atoms with Crippen molar-refractivity contribution in [2.45, 2.75) is 39.8 Å². The Morgan fingerprint density at radius 2 is 1.66 bits per heavy atom. The van der Waals surface area contributed by atoms with E-state index in [2.05, 4.69) is 66.4 Å². The van der Waals surface area contributed by atoms with E-state index in [1.54, 1.807) is 0 Å². The lowest BCUT2D eigenvalue weighted by atomic mass is 9.87. The predicted molar refractivity (Wildman–Crippen MR) is 119 cm³/mol. The summed E-state index contributed by atoms with van der Waals surface area (Å²) in [6, 6.07) is 26.0. The van der Waals surface area contributed by atoms with E-state index in [4.69, 9.17) is 0 Å². The lowest BCUT2D eigenvalue weighted by molar-refractivity contribution is 0.0936. The number of Topliss-reactive ketones (excluding diaryl/α,β-unsaturated/α-hetero) is 1. The smallest absolute Gasteiger partial charge is 0.165 e. The molecule has 1 aliphatic rings. The van der Waals surface area contributed by atoms with Crippen LogP contribution in [0.15, 0.2) is 72.8 Å². The van der Waals surface area contributed by atoms with Crippen LogP contribution in [0.5, 0.6) is 0 Å². The molecular formula is C27H29NO. The third-order valence-corrected chi connectivity index (χ3v) is 5.96. The molecule has 0 amide bonds. The van der Waals surface area contributed by atoms with E-state index in [0.717, 1.165) is 30.6 Å². The molecule has 4 rings (SSSR count). The van der Waals surface area contributed by atoms with E-state index >= 15 is 0 Å². The van der Waals surface area contributed by atoms with Crippen molar-refractivity contribution >= 4 is 5.78 Å². The standard InChI is InChI=1S/C27H29NO/c1-19(2)27(29)25-11-7-5-9-23(25)18-28-17-16-21-8-4-6-10-24(21)26(28)22-14-12-20(3)13-15-22/h4-15,19,26H,16-18H2,1-3H3. The van der Waals surface area contributed by atoms with Crippen LogP contribution in [0.1, 0.15) is 58.1 Å². The van der Waals surface area contributed by atoms with Crippen LogP contribution in [0.3, 0.4) is 0 Å². The van der Waals surface area contributed by atoms with Crippen molar-refractivity contribution in [2.24, 2.45) is 5.92 Å². The highest BCUT2D eigenvalue weighted by atomic mass is 16.1. The van der Waals surface area contributed by atoms with Crippen LogP contribution in [0.2, 0.25) is 0 Å². The van der Waals surface area contributed by atoms with E-state index in [9.17, 15) is 4.79 Å². The molecule has 1 heterocycles. The summed E-state index contributed by atoms with van der Waals surface area (Å²) in [5, 5.41) is 0. The second kappa shape index (κ2) is 8.34. The van der Waals surface area contributed by atoms with E-state index in [1.807, 2.05) is 32.0 Å². The summed E-state index contributed by atoms with van der Waals surface area (Å²) in [5.41, 5.74) is 7.40. The fourth-order valence-corrected chi connectivity index (χ4v) is 4.36. The topological polar surface area (TPSA) is 20.3 Å². The molecule has 0 aromatic heterocycles. The van der Waals surface area contributed by atoms with Gasteiger partial charge in [-0.25, -0.2) is 0 Å². The van der Waals surface area contributed by atoms with E-state index in [1.165, 1.54) is 22.3 Å². The second-order valence-corrected chi connectivity index (χ2v) is 8.41. The van der Waals surface area contributed by atoms with Gasteiger partial charge in [-0.1, -0.05) is 92.2 Å². The number of nitrogens with zero attached hydrogens (tertiary/aromatic N) is 1. The average Bonchev–Trinajstić information content (AvgIpc) is 2.74. The van der Waals surface area contributed by atoms with Crippen molar-refractivity contribution < 1.29 is 4.79 Å². The number of fused-ring (bicyclic) bond motifs is 1. The van der Waals surface area contributed by atoms with Crippen LogP contribution in [0, 0.1) is 12.8 Å². The molecule has 0 radical (unpaired) electrons. The quantitative estimate of drug-likeness (QED) is 0.505. The molecule has 0 spiro atoms. The third kappa shape index (κ3) is 4.04. The molecule has 0 bridgehead atoms. The molecule has 2 nitrogen and oxygen atoms in total. The van der Waals surface area contributed by atoms with E-state index < -0.39 is 0 Å². The molecule has 0 saturated carbocycles. The van der Waals surface area contributed by atoms with Crippen LogP contribution in [-0.2, 0) is 13.0 Å². The van der Waals surface area contributed by atoms with Gasteiger partial charge in [-0.05, 0) is 35.6 Å². The first-order valence-electron chi connectivity index (χ1n) is 10.5. The average molecular weight is 384 g/mol. The highest BCUT2D eigenvalue weighted by Gasteiger charge is 2.29. The molecule has 29 heavy (non-hydrogen) atoms. The Morgan fingerprint density at radius 1 is 0.966 bits per heavy atom. The highest BCUT2D eigenvalue weighted by Crippen LogP contribution is 2.36. The van der Waals surface area contributed by atoms with Crippen LogP contribution in [0.4, 0.5) is 0 Å². The van der Waals surface area contributed by atoms with Gasteiger partial charge in [-0.15, -0.1) is 0 Å². The van der Waals surface area contributed by atoms with Gasteiger partial charge in [0.15, 0.2) is 5.78 Å². The molecule has 1 atom stereocenters. The maximum atomic E-state index is 12.8. The third-order valence-electron chi connectivity index (χ3n) is 5.96. The zero-order chi connectivity index (χ0) is 20.4. The van der Waals surface area contributed by atoms with Crippen molar-refractivity contribution in [1.29, 1.82) is 0 Å². The SMILES string of the molecule is Cc1ccc(C2c3ccccc3CCN2Cc2ccccc2C(=O)C(C)C)cc1.